The molecule has 0 aliphatic rings. The predicted octanol–water partition coefficient (Wildman–Crippen LogP) is 2.67. The molecule has 0 bridgehead atoms. The van der Waals surface area contributed by atoms with Gasteiger partial charge in [-0.3, -0.25) is 4.79 Å². The molecule has 0 fully saturated rings. The molecule has 0 aliphatic carbocycles. The van der Waals surface area contributed by atoms with Gasteiger partial charge in [-0.2, -0.15) is 0 Å². The number of rotatable bonds is 4. The lowest BCUT2D eigenvalue weighted by molar-refractivity contribution is 0.0518. The van der Waals surface area contributed by atoms with Crippen molar-refractivity contribution in [2.45, 2.75) is 6.92 Å². The number of ether oxygens (including phenoxy) is 1. The Hall–Kier alpha value is -2.36. The third-order valence-electron chi connectivity index (χ3n) is 2.60. The third kappa shape index (κ3) is 2.18. The van der Waals surface area contributed by atoms with Crippen molar-refractivity contribution < 1.29 is 14.3 Å². The zero-order valence-corrected chi connectivity index (χ0v) is 9.97. The summed E-state index contributed by atoms with van der Waals surface area (Å²) in [4.78, 5) is 25.6. The number of esters is 1. The van der Waals surface area contributed by atoms with Gasteiger partial charge in [-0.25, -0.2) is 4.79 Å². The van der Waals surface area contributed by atoms with Crippen LogP contribution in [0.5, 0.6) is 0 Å². The summed E-state index contributed by atoms with van der Waals surface area (Å²) in [5.41, 5.74) is 2.12. The van der Waals surface area contributed by atoms with Crippen molar-refractivity contribution in [3.05, 3.63) is 47.8 Å². The number of carbonyl (C=O) groups is 2. The van der Waals surface area contributed by atoms with Gasteiger partial charge in [0.15, 0.2) is 6.29 Å². The van der Waals surface area contributed by atoms with Gasteiger partial charge in [-0.05, 0) is 12.5 Å². The van der Waals surface area contributed by atoms with Gasteiger partial charge in [-0.15, -0.1) is 0 Å². The first kappa shape index (κ1) is 12.1. The van der Waals surface area contributed by atoms with Crippen molar-refractivity contribution in [1.29, 1.82) is 0 Å². The molecule has 2 rings (SSSR count). The number of aldehydes is 1. The molecule has 4 heteroatoms. The van der Waals surface area contributed by atoms with E-state index in [-0.39, 0.29) is 12.3 Å². The SMILES string of the molecule is CCOC(=O)c1[nH]cc(-c2ccccc2)c1C=O. The van der Waals surface area contributed by atoms with Crippen LogP contribution in [0.3, 0.4) is 0 Å². The van der Waals surface area contributed by atoms with E-state index in [0.29, 0.717) is 17.4 Å². The van der Waals surface area contributed by atoms with E-state index >= 15 is 0 Å². The summed E-state index contributed by atoms with van der Waals surface area (Å²) in [5.74, 6) is -0.512. The maximum atomic E-state index is 11.7. The summed E-state index contributed by atoms with van der Waals surface area (Å²) in [6, 6.07) is 9.40. The number of carbonyl (C=O) groups excluding carboxylic acids is 2. The molecule has 0 saturated carbocycles. The van der Waals surface area contributed by atoms with Gasteiger partial charge in [0, 0.05) is 11.8 Å². The lowest BCUT2D eigenvalue weighted by Gasteiger charge is -2.01. The Bertz CT molecular complexity index is 558. The molecule has 2 aromatic rings. The monoisotopic (exact) mass is 243 g/mol. The topological polar surface area (TPSA) is 59.2 Å². The fourth-order valence-electron chi connectivity index (χ4n) is 1.79. The molecule has 0 unspecified atom stereocenters. The van der Waals surface area contributed by atoms with Crippen LogP contribution >= 0.6 is 0 Å². The highest BCUT2D eigenvalue weighted by molar-refractivity contribution is 6.01. The summed E-state index contributed by atoms with van der Waals surface area (Å²) in [7, 11) is 0. The maximum absolute atomic E-state index is 11.7. The molecule has 92 valence electrons. The Morgan fingerprint density at radius 1 is 1.33 bits per heavy atom. The third-order valence-corrected chi connectivity index (χ3v) is 2.60. The minimum atomic E-state index is -0.512. The number of benzene rings is 1. The van der Waals surface area contributed by atoms with Crippen LogP contribution in [-0.4, -0.2) is 23.8 Å². The molecule has 0 saturated heterocycles. The highest BCUT2D eigenvalue weighted by atomic mass is 16.5. The lowest BCUT2D eigenvalue weighted by atomic mass is 10.0. The lowest BCUT2D eigenvalue weighted by Crippen LogP contribution is -2.07. The maximum Gasteiger partial charge on any atom is 0.355 e. The summed E-state index contributed by atoms with van der Waals surface area (Å²) in [6.45, 7) is 2.00. The van der Waals surface area contributed by atoms with Crippen molar-refractivity contribution in [3.63, 3.8) is 0 Å². The predicted molar refractivity (Wildman–Crippen MR) is 67.6 cm³/mol. The molecule has 1 aromatic carbocycles. The van der Waals surface area contributed by atoms with E-state index in [4.69, 9.17) is 4.74 Å². The standard InChI is InChI=1S/C14H13NO3/c1-2-18-14(17)13-12(9-16)11(8-15-13)10-6-4-3-5-7-10/h3-9,15H,2H2,1H3. The van der Waals surface area contributed by atoms with Crippen molar-refractivity contribution >= 4 is 12.3 Å². The summed E-state index contributed by atoms with van der Waals surface area (Å²) in [5, 5.41) is 0. The van der Waals surface area contributed by atoms with Crippen molar-refractivity contribution in [1.82, 2.24) is 4.98 Å². The van der Waals surface area contributed by atoms with Crippen molar-refractivity contribution in [2.24, 2.45) is 0 Å². The normalized spacial score (nSPS) is 10.1. The van der Waals surface area contributed by atoms with Gasteiger partial charge in [0.2, 0.25) is 0 Å². The molecule has 1 heterocycles. The molecule has 4 nitrogen and oxygen atoms in total. The van der Waals surface area contributed by atoms with Crippen LogP contribution in [0.4, 0.5) is 0 Å². The Labute approximate surface area is 105 Å². The van der Waals surface area contributed by atoms with Crippen LogP contribution in [0, 0.1) is 0 Å². The number of aromatic nitrogens is 1. The Balaban J connectivity index is 2.46. The molecule has 0 aliphatic heterocycles. The second-order valence-electron chi connectivity index (χ2n) is 3.70. The highest BCUT2D eigenvalue weighted by Gasteiger charge is 2.18. The quantitative estimate of drug-likeness (QED) is 0.663. The number of H-pyrrole nitrogens is 1. The van der Waals surface area contributed by atoms with E-state index in [1.54, 1.807) is 13.1 Å². The molecule has 1 aromatic heterocycles. The van der Waals surface area contributed by atoms with Crippen LogP contribution in [0.1, 0.15) is 27.8 Å². The Morgan fingerprint density at radius 2 is 2.06 bits per heavy atom. The molecular formula is C14H13NO3. The number of aromatic amines is 1. The minimum absolute atomic E-state index is 0.200. The van der Waals surface area contributed by atoms with Crippen LogP contribution < -0.4 is 0 Å². The minimum Gasteiger partial charge on any atom is -0.461 e. The van der Waals surface area contributed by atoms with E-state index in [9.17, 15) is 9.59 Å². The second kappa shape index (κ2) is 5.31. The van der Waals surface area contributed by atoms with Crippen LogP contribution in [0.15, 0.2) is 36.5 Å². The van der Waals surface area contributed by atoms with Gasteiger partial charge >= 0.3 is 5.97 Å². The van der Waals surface area contributed by atoms with Gasteiger partial charge in [0.1, 0.15) is 5.69 Å². The van der Waals surface area contributed by atoms with Gasteiger partial charge in [0.05, 0.1) is 12.2 Å². The molecule has 1 N–H and O–H groups in total. The number of nitrogens with one attached hydrogen (secondary N) is 1. The van der Waals surface area contributed by atoms with Crippen molar-refractivity contribution in [3.8, 4) is 11.1 Å². The van der Waals surface area contributed by atoms with E-state index in [1.165, 1.54) is 0 Å². The molecule has 0 radical (unpaired) electrons. The average molecular weight is 243 g/mol. The number of hydrogen-bond acceptors (Lipinski definition) is 3. The van der Waals surface area contributed by atoms with Gasteiger partial charge in [-0.1, -0.05) is 30.3 Å². The van der Waals surface area contributed by atoms with Gasteiger partial charge < -0.3 is 9.72 Å². The molecular weight excluding hydrogens is 230 g/mol. The second-order valence-corrected chi connectivity index (χ2v) is 3.70. The van der Waals surface area contributed by atoms with E-state index in [0.717, 1.165) is 5.56 Å². The first-order valence-electron chi connectivity index (χ1n) is 5.67. The zero-order chi connectivity index (χ0) is 13.0. The number of hydrogen-bond donors (Lipinski definition) is 1. The van der Waals surface area contributed by atoms with Crippen LogP contribution in [0.2, 0.25) is 0 Å². The van der Waals surface area contributed by atoms with Gasteiger partial charge in [0.25, 0.3) is 0 Å². The molecule has 18 heavy (non-hydrogen) atoms. The Kier molecular flexibility index (Phi) is 3.57. The summed E-state index contributed by atoms with van der Waals surface area (Å²) >= 11 is 0. The average Bonchev–Trinajstić information content (AvgIpc) is 2.83. The fraction of sp³-hybridized carbons (Fsp3) is 0.143. The first-order valence-corrected chi connectivity index (χ1v) is 5.67. The summed E-state index contributed by atoms with van der Waals surface area (Å²) < 4.78 is 4.89. The van der Waals surface area contributed by atoms with Crippen LogP contribution in [0.25, 0.3) is 11.1 Å². The smallest absolute Gasteiger partial charge is 0.355 e. The molecule has 0 spiro atoms. The highest BCUT2D eigenvalue weighted by Crippen LogP contribution is 2.25. The fourth-order valence-corrected chi connectivity index (χ4v) is 1.79. The first-order chi connectivity index (χ1) is 8.77. The van der Waals surface area contributed by atoms with E-state index in [1.807, 2.05) is 30.3 Å². The molecule has 0 amide bonds. The largest absolute Gasteiger partial charge is 0.461 e. The zero-order valence-electron chi connectivity index (χ0n) is 9.97. The van der Waals surface area contributed by atoms with Crippen LogP contribution in [-0.2, 0) is 4.74 Å². The summed E-state index contributed by atoms with van der Waals surface area (Å²) in [6.07, 6.45) is 2.32. The van der Waals surface area contributed by atoms with Crippen molar-refractivity contribution in [2.75, 3.05) is 6.61 Å². The van der Waals surface area contributed by atoms with E-state index < -0.39 is 5.97 Å². The van der Waals surface area contributed by atoms with E-state index in [2.05, 4.69) is 4.98 Å². The molecule has 0 atom stereocenters. The Morgan fingerprint density at radius 3 is 2.67 bits per heavy atom.